The molecule has 1 rings (SSSR count). The van der Waals surface area contributed by atoms with Crippen molar-refractivity contribution in [1.82, 2.24) is 0 Å². The lowest BCUT2D eigenvalue weighted by Crippen LogP contribution is -1.77. The molecule has 0 fully saturated rings. The van der Waals surface area contributed by atoms with Gasteiger partial charge in [0.25, 0.3) is 0 Å². The zero-order valence-electron chi connectivity index (χ0n) is 5.75. The molecule has 0 saturated heterocycles. The first-order chi connectivity index (χ1) is 4.79. The highest BCUT2D eigenvalue weighted by Gasteiger charge is 1.88. The van der Waals surface area contributed by atoms with Gasteiger partial charge in [-0.25, -0.2) is 0 Å². The Morgan fingerprint density at radius 3 is 3.00 bits per heavy atom. The Balaban J connectivity index is 2.55. The van der Waals surface area contributed by atoms with Crippen LogP contribution in [0.5, 0.6) is 0 Å². The molecule has 0 radical (unpaired) electrons. The van der Waals surface area contributed by atoms with E-state index in [0.29, 0.717) is 4.83 Å². The van der Waals surface area contributed by atoms with Crippen LogP contribution < -0.4 is 0 Å². The zero-order valence-corrected chi connectivity index (χ0v) is 7.34. The molecule has 0 saturated carbocycles. The minimum atomic E-state index is 0.419. The van der Waals surface area contributed by atoms with E-state index in [1.165, 1.54) is 0 Å². The van der Waals surface area contributed by atoms with Crippen molar-refractivity contribution in [2.45, 2.75) is 11.8 Å². The van der Waals surface area contributed by atoms with E-state index in [2.05, 4.69) is 28.9 Å². The summed E-state index contributed by atoms with van der Waals surface area (Å²) in [7, 11) is 0. The summed E-state index contributed by atoms with van der Waals surface area (Å²) in [6, 6.07) is 1.92. The van der Waals surface area contributed by atoms with Crippen LogP contribution in [-0.2, 0) is 0 Å². The normalized spacial score (nSPS) is 14.2. The predicted molar refractivity (Wildman–Crippen MR) is 46.1 cm³/mol. The van der Waals surface area contributed by atoms with Gasteiger partial charge in [0.1, 0.15) is 0 Å². The molecule has 0 aliphatic heterocycles. The number of hydrogen-bond donors (Lipinski definition) is 0. The van der Waals surface area contributed by atoms with E-state index in [4.69, 9.17) is 4.42 Å². The van der Waals surface area contributed by atoms with Crippen molar-refractivity contribution in [1.29, 1.82) is 0 Å². The fourth-order valence-electron chi connectivity index (χ4n) is 0.614. The van der Waals surface area contributed by atoms with Crippen molar-refractivity contribution in [3.63, 3.8) is 0 Å². The van der Waals surface area contributed by atoms with Gasteiger partial charge >= 0.3 is 0 Å². The molecule has 1 nitrogen and oxygen atoms in total. The van der Waals surface area contributed by atoms with Crippen molar-refractivity contribution in [2.75, 3.05) is 0 Å². The molecule has 1 heterocycles. The maximum Gasteiger partial charge on any atom is 0.0974 e. The molecule has 0 N–H and O–H groups in total. The summed E-state index contributed by atoms with van der Waals surface area (Å²) in [6.45, 7) is 2.07. The average Bonchev–Trinajstić information content (AvgIpc) is 2.34. The molecule has 1 aromatic rings. The summed E-state index contributed by atoms with van der Waals surface area (Å²) in [6.07, 6.45) is 7.46. The number of hydrogen-bond acceptors (Lipinski definition) is 1. The number of halogens is 1. The molecule has 0 amide bonds. The van der Waals surface area contributed by atoms with Crippen molar-refractivity contribution in [3.05, 3.63) is 30.2 Å². The number of furan rings is 1. The van der Waals surface area contributed by atoms with Crippen LogP contribution in [0.15, 0.2) is 29.1 Å². The third kappa shape index (κ3) is 2.40. The maximum atomic E-state index is 4.88. The standard InChI is InChI=1S/C8H9BrO/c1-7(9)2-3-8-4-5-10-6-8/h2-7H,1H3. The van der Waals surface area contributed by atoms with Gasteiger partial charge in [0, 0.05) is 10.4 Å². The van der Waals surface area contributed by atoms with E-state index < -0.39 is 0 Å². The van der Waals surface area contributed by atoms with Crippen molar-refractivity contribution in [3.8, 4) is 0 Å². The minimum absolute atomic E-state index is 0.419. The van der Waals surface area contributed by atoms with Crippen molar-refractivity contribution < 1.29 is 4.42 Å². The van der Waals surface area contributed by atoms with Crippen LogP contribution in [0.3, 0.4) is 0 Å². The summed E-state index contributed by atoms with van der Waals surface area (Å²) < 4.78 is 4.88. The second-order valence-electron chi connectivity index (χ2n) is 2.09. The average molecular weight is 201 g/mol. The van der Waals surface area contributed by atoms with Gasteiger partial charge in [-0.15, -0.1) is 0 Å². The Hall–Kier alpha value is -0.500. The molecular weight excluding hydrogens is 192 g/mol. The van der Waals surface area contributed by atoms with Crippen LogP contribution in [0.25, 0.3) is 6.08 Å². The lowest BCUT2D eigenvalue weighted by molar-refractivity contribution is 0.567. The Morgan fingerprint density at radius 2 is 2.50 bits per heavy atom. The molecule has 1 aromatic heterocycles. The van der Waals surface area contributed by atoms with E-state index >= 15 is 0 Å². The zero-order chi connectivity index (χ0) is 7.40. The summed E-state index contributed by atoms with van der Waals surface area (Å²) in [5.41, 5.74) is 1.10. The van der Waals surface area contributed by atoms with Gasteiger partial charge in [-0.3, -0.25) is 0 Å². The topological polar surface area (TPSA) is 13.1 Å². The Kier molecular flexibility index (Phi) is 2.75. The van der Waals surface area contributed by atoms with Crippen molar-refractivity contribution >= 4 is 22.0 Å². The van der Waals surface area contributed by atoms with Crippen LogP contribution in [0.2, 0.25) is 0 Å². The monoisotopic (exact) mass is 200 g/mol. The van der Waals surface area contributed by atoms with Crippen LogP contribution >= 0.6 is 15.9 Å². The number of alkyl halides is 1. The smallest absolute Gasteiger partial charge is 0.0974 e. The van der Waals surface area contributed by atoms with Gasteiger partial charge in [0.05, 0.1) is 12.5 Å². The lowest BCUT2D eigenvalue weighted by Gasteiger charge is -1.88. The van der Waals surface area contributed by atoms with E-state index in [1.807, 2.05) is 12.1 Å². The first-order valence-electron chi connectivity index (χ1n) is 3.13. The van der Waals surface area contributed by atoms with Gasteiger partial charge in [-0.1, -0.05) is 28.1 Å². The van der Waals surface area contributed by atoms with Gasteiger partial charge < -0.3 is 4.42 Å². The molecule has 0 spiro atoms. The predicted octanol–water partition coefficient (Wildman–Crippen LogP) is 3.08. The third-order valence-corrected chi connectivity index (χ3v) is 1.40. The number of rotatable bonds is 2. The fraction of sp³-hybridized carbons (Fsp3) is 0.250. The van der Waals surface area contributed by atoms with Crippen LogP contribution in [0, 0.1) is 0 Å². The quantitative estimate of drug-likeness (QED) is 0.670. The molecule has 0 aliphatic rings. The Bertz CT molecular complexity index is 199. The Labute approximate surface area is 68.9 Å². The SMILES string of the molecule is CC(Br)C=Cc1ccoc1. The van der Waals surface area contributed by atoms with E-state index in [1.54, 1.807) is 12.5 Å². The second-order valence-corrected chi connectivity index (χ2v) is 3.54. The molecule has 1 unspecified atom stereocenters. The molecule has 54 valence electrons. The highest BCUT2D eigenvalue weighted by Crippen LogP contribution is 2.06. The lowest BCUT2D eigenvalue weighted by atomic mass is 10.3. The van der Waals surface area contributed by atoms with Crippen LogP contribution in [-0.4, -0.2) is 4.83 Å². The summed E-state index contributed by atoms with van der Waals surface area (Å²) in [5, 5.41) is 0. The molecule has 0 aliphatic carbocycles. The highest BCUT2D eigenvalue weighted by atomic mass is 79.9. The minimum Gasteiger partial charge on any atom is -0.472 e. The highest BCUT2D eigenvalue weighted by molar-refractivity contribution is 9.09. The van der Waals surface area contributed by atoms with Gasteiger partial charge in [-0.05, 0) is 13.0 Å². The van der Waals surface area contributed by atoms with Crippen LogP contribution in [0.1, 0.15) is 12.5 Å². The summed E-state index contributed by atoms with van der Waals surface area (Å²) in [4.78, 5) is 0.419. The third-order valence-electron chi connectivity index (χ3n) is 1.10. The number of allylic oxidation sites excluding steroid dienone is 1. The second kappa shape index (κ2) is 3.62. The first-order valence-corrected chi connectivity index (χ1v) is 4.05. The van der Waals surface area contributed by atoms with Gasteiger partial charge in [0.15, 0.2) is 0 Å². The maximum absolute atomic E-state index is 4.88. The van der Waals surface area contributed by atoms with Crippen LogP contribution in [0.4, 0.5) is 0 Å². The Morgan fingerprint density at radius 1 is 1.70 bits per heavy atom. The van der Waals surface area contributed by atoms with Gasteiger partial charge in [-0.2, -0.15) is 0 Å². The molecular formula is C8H9BrO. The summed E-state index contributed by atoms with van der Waals surface area (Å²) in [5.74, 6) is 0. The van der Waals surface area contributed by atoms with E-state index in [0.717, 1.165) is 5.56 Å². The molecule has 0 aromatic carbocycles. The molecule has 2 heteroatoms. The van der Waals surface area contributed by atoms with E-state index in [9.17, 15) is 0 Å². The van der Waals surface area contributed by atoms with Gasteiger partial charge in [0.2, 0.25) is 0 Å². The van der Waals surface area contributed by atoms with E-state index in [-0.39, 0.29) is 0 Å². The molecule has 1 atom stereocenters. The largest absolute Gasteiger partial charge is 0.472 e. The molecule has 10 heavy (non-hydrogen) atoms. The fourth-order valence-corrected chi connectivity index (χ4v) is 0.766. The summed E-state index contributed by atoms with van der Waals surface area (Å²) >= 11 is 3.40. The molecule has 0 bridgehead atoms. The first kappa shape index (κ1) is 7.61. The van der Waals surface area contributed by atoms with Crippen molar-refractivity contribution in [2.24, 2.45) is 0 Å².